The SMILES string of the molecule is CC(C)(C(O)Cc1cccc(F)c1)N1CCCC1. The predicted octanol–water partition coefficient (Wildman–Crippen LogP) is 2.60. The molecule has 2 nitrogen and oxygen atoms in total. The Balaban J connectivity index is 2.04. The number of benzene rings is 1. The number of rotatable bonds is 4. The van der Waals surface area contributed by atoms with Crippen LogP contribution in [0.4, 0.5) is 4.39 Å². The minimum atomic E-state index is -0.475. The van der Waals surface area contributed by atoms with Crippen LogP contribution in [0.3, 0.4) is 0 Å². The summed E-state index contributed by atoms with van der Waals surface area (Å²) >= 11 is 0. The van der Waals surface area contributed by atoms with Crippen LogP contribution in [0.25, 0.3) is 0 Å². The van der Waals surface area contributed by atoms with Crippen molar-refractivity contribution < 1.29 is 9.50 Å². The smallest absolute Gasteiger partial charge is 0.123 e. The lowest BCUT2D eigenvalue weighted by Crippen LogP contribution is -2.51. The fourth-order valence-corrected chi connectivity index (χ4v) is 2.64. The lowest BCUT2D eigenvalue weighted by Gasteiger charge is -2.39. The molecule has 2 rings (SSSR count). The van der Waals surface area contributed by atoms with Gasteiger partial charge in [-0.25, -0.2) is 4.39 Å². The highest BCUT2D eigenvalue weighted by Crippen LogP contribution is 2.26. The Morgan fingerprint density at radius 3 is 2.61 bits per heavy atom. The van der Waals surface area contributed by atoms with Gasteiger partial charge in [-0.2, -0.15) is 0 Å². The summed E-state index contributed by atoms with van der Waals surface area (Å²) < 4.78 is 13.1. The predicted molar refractivity (Wildman–Crippen MR) is 71.0 cm³/mol. The summed E-state index contributed by atoms with van der Waals surface area (Å²) in [5.74, 6) is -0.237. The second-order valence-corrected chi connectivity index (χ2v) is 5.70. The Hall–Kier alpha value is -0.930. The van der Waals surface area contributed by atoms with Crippen LogP contribution in [0.1, 0.15) is 32.3 Å². The molecule has 0 bridgehead atoms. The van der Waals surface area contributed by atoms with E-state index in [0.29, 0.717) is 6.42 Å². The Kier molecular flexibility index (Phi) is 4.03. The van der Waals surface area contributed by atoms with Crippen LogP contribution < -0.4 is 0 Å². The van der Waals surface area contributed by atoms with Crippen LogP contribution in [0, 0.1) is 5.82 Å². The zero-order chi connectivity index (χ0) is 13.2. The van der Waals surface area contributed by atoms with E-state index in [1.807, 2.05) is 6.07 Å². The fraction of sp³-hybridized carbons (Fsp3) is 0.600. The summed E-state index contributed by atoms with van der Waals surface area (Å²) in [5, 5.41) is 10.4. The molecule has 1 aromatic carbocycles. The number of halogens is 1. The number of nitrogens with zero attached hydrogens (tertiary/aromatic N) is 1. The maximum Gasteiger partial charge on any atom is 0.123 e. The Labute approximate surface area is 108 Å². The van der Waals surface area contributed by atoms with E-state index in [1.54, 1.807) is 6.07 Å². The number of hydrogen-bond donors (Lipinski definition) is 1. The molecule has 1 N–H and O–H groups in total. The van der Waals surface area contributed by atoms with Crippen LogP contribution in [-0.2, 0) is 6.42 Å². The Bertz CT molecular complexity index is 399. The molecule has 18 heavy (non-hydrogen) atoms. The Morgan fingerprint density at radius 2 is 2.00 bits per heavy atom. The van der Waals surface area contributed by atoms with E-state index in [4.69, 9.17) is 0 Å². The molecule has 1 aliphatic rings. The monoisotopic (exact) mass is 251 g/mol. The topological polar surface area (TPSA) is 23.5 Å². The van der Waals surface area contributed by atoms with Gasteiger partial charge in [-0.1, -0.05) is 12.1 Å². The van der Waals surface area contributed by atoms with Gasteiger partial charge >= 0.3 is 0 Å². The van der Waals surface area contributed by atoms with Gasteiger partial charge in [-0.15, -0.1) is 0 Å². The molecule has 1 heterocycles. The minimum Gasteiger partial charge on any atom is -0.391 e. The molecule has 0 radical (unpaired) electrons. The van der Waals surface area contributed by atoms with Gasteiger partial charge in [0, 0.05) is 12.0 Å². The molecule has 0 aromatic heterocycles. The van der Waals surface area contributed by atoms with Gasteiger partial charge in [-0.3, -0.25) is 4.90 Å². The molecule has 0 aliphatic carbocycles. The van der Waals surface area contributed by atoms with Crippen molar-refractivity contribution >= 4 is 0 Å². The maximum absolute atomic E-state index is 13.1. The highest BCUT2D eigenvalue weighted by molar-refractivity contribution is 5.18. The molecule has 1 saturated heterocycles. The second-order valence-electron chi connectivity index (χ2n) is 5.70. The third kappa shape index (κ3) is 2.90. The fourth-order valence-electron chi connectivity index (χ4n) is 2.64. The highest BCUT2D eigenvalue weighted by Gasteiger charge is 2.35. The molecule has 0 amide bonds. The van der Waals surface area contributed by atoms with Crippen molar-refractivity contribution in [1.29, 1.82) is 0 Å². The first-order valence-corrected chi connectivity index (χ1v) is 6.68. The third-order valence-corrected chi connectivity index (χ3v) is 4.05. The van der Waals surface area contributed by atoms with Gasteiger partial charge in [0.2, 0.25) is 0 Å². The summed E-state index contributed by atoms with van der Waals surface area (Å²) in [6, 6.07) is 6.50. The van der Waals surface area contributed by atoms with Crippen molar-refractivity contribution in [1.82, 2.24) is 4.90 Å². The Morgan fingerprint density at radius 1 is 1.33 bits per heavy atom. The van der Waals surface area contributed by atoms with Crippen molar-refractivity contribution in [3.05, 3.63) is 35.6 Å². The molecule has 1 aliphatic heterocycles. The molecule has 1 aromatic rings. The average molecular weight is 251 g/mol. The van der Waals surface area contributed by atoms with Crippen LogP contribution in [-0.4, -0.2) is 34.7 Å². The van der Waals surface area contributed by atoms with E-state index in [0.717, 1.165) is 18.7 Å². The van der Waals surface area contributed by atoms with Gasteiger partial charge in [0.05, 0.1) is 6.10 Å². The molecule has 1 unspecified atom stereocenters. The summed E-state index contributed by atoms with van der Waals surface area (Å²) in [6.45, 7) is 6.24. The molecule has 3 heteroatoms. The standard InChI is InChI=1S/C15H22FNO/c1-15(2,17-8-3-4-9-17)14(18)11-12-6-5-7-13(16)10-12/h5-7,10,14,18H,3-4,8-9,11H2,1-2H3. The largest absolute Gasteiger partial charge is 0.391 e. The van der Waals surface area contributed by atoms with Crippen molar-refractivity contribution in [3.63, 3.8) is 0 Å². The maximum atomic E-state index is 13.1. The number of hydrogen-bond acceptors (Lipinski definition) is 2. The molecular formula is C15H22FNO. The molecular weight excluding hydrogens is 229 g/mol. The van der Waals surface area contributed by atoms with Gasteiger partial charge < -0.3 is 5.11 Å². The van der Waals surface area contributed by atoms with E-state index in [2.05, 4.69) is 18.7 Å². The summed E-state index contributed by atoms with van der Waals surface area (Å²) in [6.07, 6.45) is 2.44. The van der Waals surface area contributed by atoms with Crippen molar-refractivity contribution in [2.45, 2.75) is 44.8 Å². The minimum absolute atomic E-state index is 0.237. The first kappa shape index (κ1) is 13.5. The second kappa shape index (κ2) is 5.37. The van der Waals surface area contributed by atoms with E-state index in [9.17, 15) is 9.50 Å². The van der Waals surface area contributed by atoms with Crippen LogP contribution >= 0.6 is 0 Å². The molecule has 1 fully saturated rings. The zero-order valence-electron chi connectivity index (χ0n) is 11.2. The normalized spacial score (nSPS) is 19.1. The summed E-state index contributed by atoms with van der Waals surface area (Å²) in [4.78, 5) is 2.33. The van der Waals surface area contributed by atoms with E-state index in [-0.39, 0.29) is 11.4 Å². The van der Waals surface area contributed by atoms with Crippen molar-refractivity contribution in [3.8, 4) is 0 Å². The molecule has 1 atom stereocenters. The zero-order valence-corrected chi connectivity index (χ0v) is 11.2. The van der Waals surface area contributed by atoms with Crippen LogP contribution in [0.5, 0.6) is 0 Å². The number of aliphatic hydroxyl groups is 1. The highest BCUT2D eigenvalue weighted by atomic mass is 19.1. The van der Waals surface area contributed by atoms with E-state index >= 15 is 0 Å². The van der Waals surface area contributed by atoms with Crippen molar-refractivity contribution in [2.75, 3.05) is 13.1 Å². The summed E-state index contributed by atoms with van der Waals surface area (Å²) in [5.41, 5.74) is 0.609. The molecule has 0 saturated carbocycles. The quantitative estimate of drug-likeness (QED) is 0.889. The first-order valence-electron chi connectivity index (χ1n) is 6.68. The number of aliphatic hydroxyl groups excluding tert-OH is 1. The van der Waals surface area contributed by atoms with Crippen LogP contribution in [0.2, 0.25) is 0 Å². The molecule has 100 valence electrons. The van der Waals surface area contributed by atoms with Gasteiger partial charge in [0.25, 0.3) is 0 Å². The third-order valence-electron chi connectivity index (χ3n) is 4.05. The first-order chi connectivity index (χ1) is 8.50. The van der Waals surface area contributed by atoms with Crippen LogP contribution in [0.15, 0.2) is 24.3 Å². The lowest BCUT2D eigenvalue weighted by molar-refractivity contribution is 0.00334. The van der Waals surface area contributed by atoms with Gasteiger partial charge in [0.15, 0.2) is 0 Å². The summed E-state index contributed by atoms with van der Waals surface area (Å²) in [7, 11) is 0. The molecule has 0 spiro atoms. The lowest BCUT2D eigenvalue weighted by atomic mass is 9.90. The number of likely N-dealkylation sites (tertiary alicyclic amines) is 1. The van der Waals surface area contributed by atoms with Crippen molar-refractivity contribution in [2.24, 2.45) is 0 Å². The van der Waals surface area contributed by atoms with E-state index < -0.39 is 6.10 Å². The van der Waals surface area contributed by atoms with Gasteiger partial charge in [-0.05, 0) is 57.5 Å². The van der Waals surface area contributed by atoms with E-state index in [1.165, 1.54) is 25.0 Å². The van der Waals surface area contributed by atoms with Gasteiger partial charge in [0.1, 0.15) is 5.82 Å². The average Bonchev–Trinajstić information content (AvgIpc) is 2.82.